The lowest BCUT2D eigenvalue weighted by atomic mass is 10.0. The molecule has 0 fully saturated rings. The number of para-hydroxylation sites is 1. The number of benzene rings is 2. The first-order valence-corrected chi connectivity index (χ1v) is 7.94. The highest BCUT2D eigenvalue weighted by atomic mass is 15.0. The van der Waals surface area contributed by atoms with Crippen LogP contribution in [0.4, 0.5) is 0 Å². The Morgan fingerprint density at radius 1 is 0.833 bits per heavy atom. The van der Waals surface area contributed by atoms with E-state index >= 15 is 0 Å². The zero-order valence-corrected chi connectivity index (χ0v) is 12.7. The quantitative estimate of drug-likeness (QED) is 0.414. The molecule has 6 rings (SSSR count). The highest BCUT2D eigenvalue weighted by Gasteiger charge is 2.14. The van der Waals surface area contributed by atoms with E-state index in [9.17, 15) is 0 Å². The molecule has 2 aromatic carbocycles. The molecule has 0 atom stereocenters. The van der Waals surface area contributed by atoms with Crippen molar-refractivity contribution in [2.45, 2.75) is 0 Å². The van der Waals surface area contributed by atoms with Gasteiger partial charge in [0.05, 0.1) is 11.0 Å². The van der Waals surface area contributed by atoms with Gasteiger partial charge in [0, 0.05) is 57.2 Å². The van der Waals surface area contributed by atoms with Gasteiger partial charge in [-0.1, -0.05) is 24.3 Å². The van der Waals surface area contributed by atoms with Crippen LogP contribution in [-0.2, 0) is 0 Å². The molecule has 0 amide bonds. The van der Waals surface area contributed by atoms with Crippen molar-refractivity contribution in [3.05, 3.63) is 67.3 Å². The van der Waals surface area contributed by atoms with Gasteiger partial charge >= 0.3 is 0 Å². The Kier molecular flexibility index (Phi) is 2.07. The molecule has 112 valence electrons. The van der Waals surface area contributed by atoms with Crippen LogP contribution in [0.1, 0.15) is 0 Å². The van der Waals surface area contributed by atoms with E-state index in [1.165, 1.54) is 16.2 Å². The maximum atomic E-state index is 4.59. The zero-order chi connectivity index (χ0) is 15.7. The second-order valence-corrected chi connectivity index (χ2v) is 6.09. The Labute approximate surface area is 136 Å². The van der Waals surface area contributed by atoms with Crippen molar-refractivity contribution in [2.75, 3.05) is 0 Å². The number of imidazole rings is 1. The maximum absolute atomic E-state index is 4.59. The number of fused-ring (bicyclic) bond motifs is 10. The Bertz CT molecular complexity index is 1410. The average molecular weight is 308 g/mol. The number of nitrogens with zero attached hydrogens (tertiary/aromatic N) is 3. The predicted molar refractivity (Wildman–Crippen MR) is 97.4 cm³/mol. The molecule has 0 aliphatic rings. The van der Waals surface area contributed by atoms with Gasteiger partial charge in [-0.25, -0.2) is 4.98 Å². The standard InChI is InChI=1S/C20H12N4/c1-2-4-16-12(3-1)13-5-6-14-18(19(13)23-16)15-11-21-8-7-17(15)24-10-9-22-20(14)24/h1-11,23H. The summed E-state index contributed by atoms with van der Waals surface area (Å²) >= 11 is 0. The van der Waals surface area contributed by atoms with E-state index in [2.05, 4.69) is 55.8 Å². The molecule has 0 saturated heterocycles. The summed E-state index contributed by atoms with van der Waals surface area (Å²) in [4.78, 5) is 12.6. The van der Waals surface area contributed by atoms with E-state index in [4.69, 9.17) is 0 Å². The highest BCUT2D eigenvalue weighted by Crippen LogP contribution is 2.36. The van der Waals surface area contributed by atoms with Crippen molar-refractivity contribution < 1.29 is 0 Å². The third-order valence-electron chi connectivity index (χ3n) is 4.89. The summed E-state index contributed by atoms with van der Waals surface area (Å²) in [5.74, 6) is 0. The lowest BCUT2D eigenvalue weighted by molar-refractivity contribution is 1.25. The molecule has 0 unspecified atom stereocenters. The Morgan fingerprint density at radius 3 is 2.75 bits per heavy atom. The van der Waals surface area contributed by atoms with Crippen LogP contribution >= 0.6 is 0 Å². The monoisotopic (exact) mass is 308 g/mol. The van der Waals surface area contributed by atoms with Crippen molar-refractivity contribution in [1.82, 2.24) is 19.4 Å². The molecule has 0 saturated carbocycles. The normalized spacial score (nSPS) is 12.2. The number of hydrogen-bond donors (Lipinski definition) is 1. The van der Waals surface area contributed by atoms with E-state index in [0.29, 0.717) is 0 Å². The Morgan fingerprint density at radius 2 is 1.75 bits per heavy atom. The first-order chi connectivity index (χ1) is 11.9. The van der Waals surface area contributed by atoms with E-state index < -0.39 is 0 Å². The van der Waals surface area contributed by atoms with Gasteiger partial charge in [-0.15, -0.1) is 0 Å². The van der Waals surface area contributed by atoms with Crippen LogP contribution in [-0.4, -0.2) is 19.4 Å². The van der Waals surface area contributed by atoms with Crippen LogP contribution in [0.2, 0.25) is 0 Å². The summed E-state index contributed by atoms with van der Waals surface area (Å²) in [7, 11) is 0. The molecule has 4 heteroatoms. The predicted octanol–water partition coefficient (Wildman–Crippen LogP) is 4.67. The number of pyridine rings is 2. The molecule has 4 heterocycles. The first-order valence-electron chi connectivity index (χ1n) is 7.94. The van der Waals surface area contributed by atoms with Crippen LogP contribution in [0, 0.1) is 0 Å². The van der Waals surface area contributed by atoms with Gasteiger partial charge in [-0.2, -0.15) is 0 Å². The van der Waals surface area contributed by atoms with Crippen molar-refractivity contribution in [3.63, 3.8) is 0 Å². The Balaban J connectivity index is 2.03. The zero-order valence-electron chi connectivity index (χ0n) is 12.7. The third-order valence-corrected chi connectivity index (χ3v) is 4.89. The summed E-state index contributed by atoms with van der Waals surface area (Å²) < 4.78 is 2.13. The van der Waals surface area contributed by atoms with Gasteiger partial charge in [0.25, 0.3) is 0 Å². The molecule has 24 heavy (non-hydrogen) atoms. The molecule has 6 aromatic rings. The smallest absolute Gasteiger partial charge is 0.145 e. The molecule has 0 radical (unpaired) electrons. The van der Waals surface area contributed by atoms with Gasteiger partial charge in [0.1, 0.15) is 5.65 Å². The minimum atomic E-state index is 0.976. The molecule has 0 aliphatic carbocycles. The highest BCUT2D eigenvalue weighted by molar-refractivity contribution is 6.26. The first kappa shape index (κ1) is 12.1. The fourth-order valence-corrected chi connectivity index (χ4v) is 3.87. The molecule has 0 aliphatic heterocycles. The van der Waals surface area contributed by atoms with Crippen LogP contribution < -0.4 is 0 Å². The topological polar surface area (TPSA) is 46.0 Å². The van der Waals surface area contributed by atoms with Crippen molar-refractivity contribution in [3.8, 4) is 0 Å². The largest absolute Gasteiger partial charge is 0.354 e. The minimum absolute atomic E-state index is 0.976. The van der Waals surface area contributed by atoms with E-state index in [1.54, 1.807) is 0 Å². The van der Waals surface area contributed by atoms with Gasteiger partial charge in [-0.05, 0) is 18.2 Å². The number of aromatic nitrogens is 4. The van der Waals surface area contributed by atoms with Crippen LogP contribution in [0.15, 0.2) is 67.3 Å². The molecule has 0 bridgehead atoms. The van der Waals surface area contributed by atoms with Gasteiger partial charge in [-0.3, -0.25) is 9.38 Å². The summed E-state index contributed by atoms with van der Waals surface area (Å²) in [6, 6.07) is 14.8. The van der Waals surface area contributed by atoms with Gasteiger partial charge in [0.15, 0.2) is 0 Å². The van der Waals surface area contributed by atoms with Gasteiger partial charge in [0.2, 0.25) is 0 Å². The molecular weight excluding hydrogens is 296 g/mol. The molecule has 4 nitrogen and oxygen atoms in total. The lowest BCUT2D eigenvalue weighted by Gasteiger charge is -2.08. The number of aromatic amines is 1. The minimum Gasteiger partial charge on any atom is -0.354 e. The van der Waals surface area contributed by atoms with E-state index in [1.807, 2.05) is 30.9 Å². The fourth-order valence-electron chi connectivity index (χ4n) is 3.87. The van der Waals surface area contributed by atoms with Crippen LogP contribution in [0.25, 0.3) is 49.1 Å². The average Bonchev–Trinajstić information content (AvgIpc) is 3.26. The van der Waals surface area contributed by atoms with Crippen molar-refractivity contribution in [1.29, 1.82) is 0 Å². The van der Waals surface area contributed by atoms with E-state index in [-0.39, 0.29) is 0 Å². The lowest BCUT2D eigenvalue weighted by Crippen LogP contribution is -1.91. The number of nitrogens with one attached hydrogen (secondary N) is 1. The molecule has 1 N–H and O–H groups in total. The van der Waals surface area contributed by atoms with E-state index in [0.717, 1.165) is 33.0 Å². The second kappa shape index (κ2) is 4.11. The van der Waals surface area contributed by atoms with Gasteiger partial charge < -0.3 is 4.98 Å². The van der Waals surface area contributed by atoms with Crippen LogP contribution in [0.3, 0.4) is 0 Å². The molecule has 4 aromatic heterocycles. The summed E-state index contributed by atoms with van der Waals surface area (Å²) in [5, 5.41) is 5.94. The maximum Gasteiger partial charge on any atom is 0.145 e. The van der Waals surface area contributed by atoms with Crippen molar-refractivity contribution in [2.24, 2.45) is 0 Å². The Hall–Kier alpha value is -3.40. The third kappa shape index (κ3) is 1.34. The summed E-state index contributed by atoms with van der Waals surface area (Å²) in [6.45, 7) is 0. The van der Waals surface area contributed by atoms with Crippen LogP contribution in [0.5, 0.6) is 0 Å². The second-order valence-electron chi connectivity index (χ2n) is 6.09. The molecule has 0 spiro atoms. The summed E-state index contributed by atoms with van der Waals surface area (Å²) in [6.07, 6.45) is 7.64. The van der Waals surface area contributed by atoms with Crippen molar-refractivity contribution >= 4 is 49.1 Å². The molecular formula is C20H12N4. The number of rotatable bonds is 0. The number of H-pyrrole nitrogens is 1. The SMILES string of the molecule is c1ccc2c(c1)[nH]c1c2ccc2c1c1cnccc1n1ccnc21. The number of hydrogen-bond acceptors (Lipinski definition) is 2. The fraction of sp³-hybridized carbons (Fsp3) is 0. The summed E-state index contributed by atoms with van der Waals surface area (Å²) in [5.41, 5.74) is 4.40.